The van der Waals surface area contributed by atoms with Crippen LogP contribution in [0, 0.1) is 5.92 Å². The summed E-state index contributed by atoms with van der Waals surface area (Å²) >= 11 is 0. The molecule has 0 aromatic rings. The molecule has 1 saturated heterocycles. The minimum Gasteiger partial charge on any atom is -0.466 e. The van der Waals surface area contributed by atoms with Crippen molar-refractivity contribution in [1.82, 2.24) is 5.32 Å². The minimum absolute atomic E-state index is 0.00667. The summed E-state index contributed by atoms with van der Waals surface area (Å²) in [5.74, 6) is 0.133. The van der Waals surface area contributed by atoms with Crippen LogP contribution in [0.15, 0.2) is 0 Å². The first-order valence-electron chi connectivity index (χ1n) is 5.20. The molecular weight excluding hydrogens is 166 g/mol. The number of ether oxygens (including phenoxy) is 1. The maximum Gasteiger partial charge on any atom is 0.310 e. The summed E-state index contributed by atoms with van der Waals surface area (Å²) in [5.41, 5.74) is 0.131. The molecule has 2 fully saturated rings. The molecule has 0 radical (unpaired) electrons. The van der Waals surface area contributed by atoms with Crippen molar-refractivity contribution >= 4 is 5.97 Å². The number of esters is 1. The average molecular weight is 183 g/mol. The Balaban J connectivity index is 2.01. The van der Waals surface area contributed by atoms with Crippen LogP contribution in [0.5, 0.6) is 0 Å². The van der Waals surface area contributed by atoms with Crippen molar-refractivity contribution in [3.05, 3.63) is 0 Å². The summed E-state index contributed by atoms with van der Waals surface area (Å²) in [6, 6.07) is 0. The number of nitrogens with one attached hydrogen (secondary N) is 1. The molecule has 1 saturated carbocycles. The van der Waals surface area contributed by atoms with Crippen LogP contribution in [-0.4, -0.2) is 24.7 Å². The monoisotopic (exact) mass is 183 g/mol. The Morgan fingerprint density at radius 3 is 2.92 bits per heavy atom. The molecule has 2 aliphatic rings. The summed E-state index contributed by atoms with van der Waals surface area (Å²) < 4.78 is 5.08. The second kappa shape index (κ2) is 3.29. The Labute approximate surface area is 78.8 Å². The fraction of sp³-hybridized carbons (Fsp3) is 0.900. The Morgan fingerprint density at radius 2 is 2.38 bits per heavy atom. The highest BCUT2D eigenvalue weighted by Gasteiger charge is 2.50. The summed E-state index contributed by atoms with van der Waals surface area (Å²) in [7, 11) is 0. The second-order valence-corrected chi connectivity index (χ2v) is 4.03. The van der Waals surface area contributed by atoms with Crippen LogP contribution in [0.2, 0.25) is 0 Å². The predicted octanol–water partition coefficient (Wildman–Crippen LogP) is 1.08. The quantitative estimate of drug-likeness (QED) is 0.651. The van der Waals surface area contributed by atoms with Crippen molar-refractivity contribution in [2.75, 3.05) is 13.2 Å². The molecule has 0 amide bonds. The fourth-order valence-electron chi connectivity index (χ4n) is 2.53. The van der Waals surface area contributed by atoms with Crippen molar-refractivity contribution < 1.29 is 9.53 Å². The van der Waals surface area contributed by atoms with E-state index in [2.05, 4.69) is 5.32 Å². The smallest absolute Gasteiger partial charge is 0.310 e. The predicted molar refractivity (Wildman–Crippen MR) is 49.3 cm³/mol. The molecular formula is C10H17NO2. The Bertz CT molecular complexity index is 211. The lowest BCUT2D eigenvalue weighted by molar-refractivity contribution is -0.151. The zero-order valence-electron chi connectivity index (χ0n) is 8.14. The molecule has 1 atom stereocenters. The Morgan fingerprint density at radius 1 is 1.62 bits per heavy atom. The number of rotatable bonds is 2. The summed E-state index contributed by atoms with van der Waals surface area (Å²) in [4.78, 5) is 11.6. The number of carbonyl (C=O) groups excluding carboxylic acids is 1. The lowest BCUT2D eigenvalue weighted by Crippen LogP contribution is -2.53. The molecule has 2 rings (SSSR count). The molecule has 0 aromatic carbocycles. The van der Waals surface area contributed by atoms with Gasteiger partial charge in [-0.15, -0.1) is 0 Å². The molecule has 0 bridgehead atoms. The highest BCUT2D eigenvalue weighted by molar-refractivity contribution is 5.75. The van der Waals surface area contributed by atoms with Gasteiger partial charge in [-0.2, -0.15) is 0 Å². The van der Waals surface area contributed by atoms with Gasteiger partial charge in [0.1, 0.15) is 0 Å². The maximum atomic E-state index is 11.6. The van der Waals surface area contributed by atoms with Crippen LogP contribution < -0.4 is 5.32 Å². The molecule has 1 heterocycles. The summed E-state index contributed by atoms with van der Waals surface area (Å²) in [6.45, 7) is 3.35. The number of carbonyl (C=O) groups is 1. The fourth-order valence-corrected chi connectivity index (χ4v) is 2.53. The van der Waals surface area contributed by atoms with Crippen LogP contribution in [-0.2, 0) is 9.53 Å². The highest BCUT2D eigenvalue weighted by Crippen LogP contribution is 2.43. The normalized spacial score (nSPS) is 30.1. The van der Waals surface area contributed by atoms with Crippen LogP contribution in [0.4, 0.5) is 0 Å². The van der Waals surface area contributed by atoms with Gasteiger partial charge in [0.05, 0.1) is 12.5 Å². The largest absolute Gasteiger partial charge is 0.466 e. The Kier molecular flexibility index (Phi) is 2.28. The first-order valence-corrected chi connectivity index (χ1v) is 5.20. The molecule has 1 spiro atoms. The molecule has 74 valence electrons. The van der Waals surface area contributed by atoms with Gasteiger partial charge >= 0.3 is 5.97 Å². The second-order valence-electron chi connectivity index (χ2n) is 4.03. The van der Waals surface area contributed by atoms with E-state index in [1.165, 1.54) is 6.42 Å². The van der Waals surface area contributed by atoms with Crippen molar-refractivity contribution in [3.63, 3.8) is 0 Å². The molecule has 1 aliphatic heterocycles. The van der Waals surface area contributed by atoms with Crippen LogP contribution >= 0.6 is 0 Å². The molecule has 1 aliphatic carbocycles. The molecule has 1 unspecified atom stereocenters. The zero-order chi connectivity index (χ0) is 9.31. The lowest BCUT2D eigenvalue weighted by atomic mass is 9.69. The molecule has 3 nitrogen and oxygen atoms in total. The third-order valence-corrected chi connectivity index (χ3v) is 3.39. The topological polar surface area (TPSA) is 38.3 Å². The number of hydrogen-bond donors (Lipinski definition) is 1. The third-order valence-electron chi connectivity index (χ3n) is 3.39. The number of hydrogen-bond acceptors (Lipinski definition) is 3. The van der Waals surface area contributed by atoms with Gasteiger partial charge < -0.3 is 10.1 Å². The van der Waals surface area contributed by atoms with E-state index in [1.807, 2.05) is 6.92 Å². The highest BCUT2D eigenvalue weighted by atomic mass is 16.5. The van der Waals surface area contributed by atoms with Gasteiger partial charge in [-0.05, 0) is 39.2 Å². The van der Waals surface area contributed by atoms with Gasteiger partial charge in [0.2, 0.25) is 0 Å². The van der Waals surface area contributed by atoms with E-state index in [1.54, 1.807) is 0 Å². The van der Waals surface area contributed by atoms with Crippen LogP contribution in [0.1, 0.15) is 32.6 Å². The van der Waals surface area contributed by atoms with E-state index in [9.17, 15) is 4.79 Å². The van der Waals surface area contributed by atoms with Gasteiger partial charge in [0, 0.05) is 5.54 Å². The third kappa shape index (κ3) is 1.35. The van der Waals surface area contributed by atoms with Gasteiger partial charge in [-0.3, -0.25) is 4.79 Å². The summed E-state index contributed by atoms with van der Waals surface area (Å²) in [5, 5.41) is 3.46. The maximum absolute atomic E-state index is 11.6. The van der Waals surface area contributed by atoms with Crippen molar-refractivity contribution in [2.45, 2.75) is 38.1 Å². The molecule has 0 aromatic heterocycles. The minimum atomic E-state index is 0.00667. The van der Waals surface area contributed by atoms with Gasteiger partial charge in [-0.25, -0.2) is 0 Å². The van der Waals surface area contributed by atoms with Crippen LogP contribution in [0.25, 0.3) is 0 Å². The van der Waals surface area contributed by atoms with E-state index < -0.39 is 0 Å². The van der Waals surface area contributed by atoms with Crippen LogP contribution in [0.3, 0.4) is 0 Å². The first-order chi connectivity index (χ1) is 6.28. The molecule has 1 N–H and O–H groups in total. The van der Waals surface area contributed by atoms with Crippen molar-refractivity contribution in [3.8, 4) is 0 Å². The van der Waals surface area contributed by atoms with E-state index in [4.69, 9.17) is 4.74 Å². The molecule has 3 heteroatoms. The van der Waals surface area contributed by atoms with E-state index in [0.29, 0.717) is 6.61 Å². The molecule has 13 heavy (non-hydrogen) atoms. The average Bonchev–Trinajstić information content (AvgIpc) is 2.46. The van der Waals surface area contributed by atoms with E-state index >= 15 is 0 Å². The summed E-state index contributed by atoms with van der Waals surface area (Å²) in [6.07, 6.45) is 4.51. The van der Waals surface area contributed by atoms with E-state index in [0.717, 1.165) is 25.8 Å². The van der Waals surface area contributed by atoms with Crippen molar-refractivity contribution in [2.24, 2.45) is 5.92 Å². The standard InChI is InChI=1S/C10H17NO2/c1-2-13-9(12)8-4-7-11-10(8)5-3-6-10/h8,11H,2-7H2,1H3. The first kappa shape index (κ1) is 9.00. The van der Waals surface area contributed by atoms with Gasteiger partial charge in [-0.1, -0.05) is 0 Å². The zero-order valence-corrected chi connectivity index (χ0v) is 8.14. The van der Waals surface area contributed by atoms with Crippen molar-refractivity contribution in [1.29, 1.82) is 0 Å². The van der Waals surface area contributed by atoms with Gasteiger partial charge in [0.15, 0.2) is 0 Å². The Hall–Kier alpha value is -0.570. The lowest BCUT2D eigenvalue weighted by Gasteiger charge is -2.42. The SMILES string of the molecule is CCOC(=O)C1CCNC12CCC2. The van der Waals surface area contributed by atoms with E-state index in [-0.39, 0.29) is 17.4 Å². The van der Waals surface area contributed by atoms with Gasteiger partial charge in [0.25, 0.3) is 0 Å².